The Morgan fingerprint density at radius 3 is 1.88 bits per heavy atom. The smallest absolute Gasteiger partial charge is 0.408 e. The Morgan fingerprint density at radius 1 is 0.768 bits per heavy atom. The van der Waals surface area contributed by atoms with E-state index in [1.54, 1.807) is 57.2 Å². The lowest BCUT2D eigenvalue weighted by atomic mass is 9.45. The molecule has 13 unspecified atom stereocenters. The predicted octanol–water partition coefficient (Wildman–Crippen LogP) is 9.35. The highest BCUT2D eigenvalue weighted by Crippen LogP contribution is 2.64. The topological polar surface area (TPSA) is 360 Å². The van der Waals surface area contributed by atoms with Crippen LogP contribution >= 0.6 is 0 Å². The number of nitrogens with zero attached hydrogens (tertiary/aromatic N) is 1. The molecule has 4 aliphatic rings. The zero-order chi connectivity index (χ0) is 63.0. The minimum Gasteiger partial charge on any atom is -0.461 e. The van der Waals surface area contributed by atoms with Crippen molar-refractivity contribution in [3.63, 3.8) is 0 Å². The number of methoxy groups -OCH3 is 1. The zero-order valence-corrected chi connectivity index (χ0v) is 49.2. The van der Waals surface area contributed by atoms with Gasteiger partial charge in [0.1, 0.15) is 43.0 Å². The second kappa shape index (κ2) is 39.4. The number of amides is 2. The van der Waals surface area contributed by atoms with Gasteiger partial charge in [-0.1, -0.05) is 144 Å². The molecular weight excluding hydrogens is 1240 g/mol. The molecule has 1 saturated heterocycles. The average Bonchev–Trinajstić information content (AvgIpc) is 0.676. The fourth-order valence-corrected chi connectivity index (χ4v) is 11.5. The summed E-state index contributed by atoms with van der Waals surface area (Å²) in [6.07, 6.45) is -14.6. The molecule has 26 heteroatoms. The van der Waals surface area contributed by atoms with Crippen molar-refractivity contribution in [3.8, 4) is 0 Å². The van der Waals surface area contributed by atoms with Crippen molar-refractivity contribution in [2.45, 2.75) is 235 Å². The fraction of sp³-hybridized carbons (Fsp3) is 0.638. The molecule has 3 fully saturated rings. The molecule has 13 atom stereocenters. The second-order valence-corrected chi connectivity index (χ2v) is 23.1. The van der Waals surface area contributed by atoms with E-state index in [2.05, 4.69) is 15.8 Å². The van der Waals surface area contributed by atoms with E-state index in [4.69, 9.17) is 47.4 Å². The normalized spacial score (nSPS) is 24.3. The summed E-state index contributed by atoms with van der Waals surface area (Å²) in [6.45, 7) is 13.2. The molecule has 1 heterocycles. The summed E-state index contributed by atoms with van der Waals surface area (Å²) < 4.78 is 55.6. The predicted molar refractivity (Wildman–Crippen MR) is 359 cm³/mol. The lowest BCUT2D eigenvalue weighted by Crippen LogP contribution is -2.79. The number of aliphatic hydroxyl groups excluding tert-OH is 3. The first kappa shape index (κ1) is 96.0. The number of hydrazone groups is 1. The highest BCUT2D eigenvalue weighted by atomic mass is 16.6. The van der Waals surface area contributed by atoms with Gasteiger partial charge >= 0.3 is 47.9 Å². The van der Waals surface area contributed by atoms with Crippen molar-refractivity contribution in [1.29, 1.82) is 0 Å². The fourth-order valence-electron chi connectivity index (χ4n) is 11.5. The molecule has 6 rings (SSSR count). The molecule has 26 nitrogen and oxygen atoms in total. The van der Waals surface area contributed by atoms with E-state index < -0.39 is 174 Å². The van der Waals surface area contributed by atoms with Crippen LogP contribution < -0.4 is 10.7 Å². The van der Waals surface area contributed by atoms with E-state index in [-0.39, 0.29) is 123 Å². The van der Waals surface area contributed by atoms with Gasteiger partial charge in [0, 0.05) is 43.9 Å². The van der Waals surface area contributed by atoms with Crippen LogP contribution in [0.1, 0.15) is 191 Å². The van der Waals surface area contributed by atoms with Crippen molar-refractivity contribution in [1.82, 2.24) is 10.7 Å². The van der Waals surface area contributed by atoms with Crippen LogP contribution in [0.25, 0.3) is 0 Å². The third-order valence-corrected chi connectivity index (χ3v) is 15.7. The van der Waals surface area contributed by atoms with Crippen LogP contribution in [0.5, 0.6) is 0 Å². The summed E-state index contributed by atoms with van der Waals surface area (Å²) >= 11 is 0. The van der Waals surface area contributed by atoms with E-state index in [0.29, 0.717) is 0 Å². The molecule has 0 aromatic heterocycles. The van der Waals surface area contributed by atoms with Crippen molar-refractivity contribution < 1.29 is 111 Å². The van der Waals surface area contributed by atoms with Gasteiger partial charge in [0.25, 0.3) is 5.91 Å². The van der Waals surface area contributed by atoms with E-state index in [9.17, 15) is 53.7 Å². The number of ketones is 1. The Kier molecular flexibility index (Phi) is 39.8. The van der Waals surface area contributed by atoms with Gasteiger partial charge < -0.3 is 68.0 Å². The third kappa shape index (κ3) is 21.4. The molecule has 3 aliphatic carbocycles. The molecule has 2 amide bonds. The van der Waals surface area contributed by atoms with E-state index >= 15 is 9.59 Å². The summed E-state index contributed by atoms with van der Waals surface area (Å²) in [5, 5.41) is 44.2. The van der Waals surface area contributed by atoms with Gasteiger partial charge in [-0.2, -0.15) is 5.10 Å². The van der Waals surface area contributed by atoms with Crippen LogP contribution in [-0.4, -0.2) is 174 Å². The number of esters is 7. The zero-order valence-electron chi connectivity index (χ0n) is 49.2. The number of Topliss-reactive ketones (excluding diaryl/α,β-unsaturated/α-hetero) is 1. The molecule has 544 valence electrons. The van der Waals surface area contributed by atoms with E-state index in [1.165, 1.54) is 72.9 Å². The highest BCUT2D eigenvalue weighted by Gasteiger charge is 2.76. The molecule has 2 aromatic rings. The Morgan fingerprint density at radius 2 is 1.35 bits per heavy atom. The number of ether oxygens (including phenoxy) is 10. The largest absolute Gasteiger partial charge is 0.461 e. The minimum absolute atomic E-state index is 0. The number of alkyl carbamates (subject to hydrolysis) is 1. The lowest BCUT2D eigenvalue weighted by molar-refractivity contribution is -0.330. The van der Waals surface area contributed by atoms with Crippen LogP contribution in [0.15, 0.2) is 76.9 Å². The first-order valence-corrected chi connectivity index (χ1v) is 27.5. The lowest BCUT2D eigenvalue weighted by Gasteiger charge is -2.66. The quantitative estimate of drug-likeness (QED) is 0.0139. The molecule has 1 aliphatic heterocycles. The first-order chi connectivity index (χ1) is 39.8. The van der Waals surface area contributed by atoms with Crippen LogP contribution in [-0.2, 0) is 85.7 Å². The van der Waals surface area contributed by atoms with Crippen LogP contribution in [0.3, 0.4) is 0 Å². The number of nitrogens with one attached hydrogen (secondary N) is 2. The summed E-state index contributed by atoms with van der Waals surface area (Å²) in [5.41, 5.74) is -6.85. The van der Waals surface area contributed by atoms with E-state index in [1.807, 2.05) is 0 Å². The van der Waals surface area contributed by atoms with Crippen molar-refractivity contribution in [2.75, 3.05) is 33.5 Å². The molecule has 5 N–H and O–H groups in total. The van der Waals surface area contributed by atoms with Gasteiger partial charge in [0.05, 0.1) is 36.7 Å². The van der Waals surface area contributed by atoms with Crippen LogP contribution in [0.2, 0.25) is 0 Å². The van der Waals surface area contributed by atoms with Crippen LogP contribution in [0.4, 0.5) is 4.79 Å². The highest BCUT2D eigenvalue weighted by molar-refractivity contribution is 5.95. The average molecular weight is 1350 g/mol. The summed E-state index contributed by atoms with van der Waals surface area (Å²) in [4.78, 5) is 135. The SMILES string of the molecule is C.C.C.C.C.C.C.C.C.C.COCCOC(=O)C(C)OC(=O)CC(=O)OCC(=O)NN=CC(C)CC(=O)OC(C(=O)OC1C(C)=C2C(O)C(=O)C3(C)C(O)CC4OCC4(OC(C)=O)C3CC(OC(=O)c3ccccc3)(C1O)C2(C)C)C(NC(=O)OC(C)(C)C)c1ccccc1. The maximum atomic E-state index is 15.3. The van der Waals surface area contributed by atoms with Crippen molar-refractivity contribution >= 4 is 65.8 Å². The number of hydrogen-bond donors (Lipinski definition) is 5. The number of benzene rings is 2. The Labute approximate surface area is 564 Å². The maximum absolute atomic E-state index is 15.3. The second-order valence-electron chi connectivity index (χ2n) is 23.1. The standard InChI is InChI=1S/C59H75N3O23.10CH4/c1-31(28-60-62-40(65)29-78-41(66)26-43(68)80-33(3)51(72)77-23-22-76-11)24-42(67)81-48(45(35-18-14-12-15-19-35)61-54(75)85-55(5,6)7)53(74)82-47-32(2)44-46(69)49(70)57(10)37(58(83-34(4)63)30-79-39(58)25-38(57)64)27-59(50(47)71,56(44,8)9)84-52(73)36-20-16-13-17-21-36;;;;;;;;;;/h12-21,28,31,33,37-39,45-48,50,64,69,71H,22-27,29-30H2,1-11H3,(H,61,75)(H,62,65);10*1H4. The van der Waals surface area contributed by atoms with Crippen LogP contribution in [0, 0.1) is 22.7 Å². The Bertz CT molecular complexity index is 2910. The number of fused-ring (bicyclic) bond motifs is 5. The molecule has 0 radical (unpaired) electrons. The molecule has 0 spiro atoms. The van der Waals surface area contributed by atoms with E-state index in [0.717, 1.165) is 13.1 Å². The molecule has 95 heavy (non-hydrogen) atoms. The molecule has 2 aromatic carbocycles. The maximum Gasteiger partial charge on any atom is 0.408 e. The summed E-state index contributed by atoms with van der Waals surface area (Å²) in [5.74, 6) is -11.7. The number of aliphatic hydroxyl groups is 3. The summed E-state index contributed by atoms with van der Waals surface area (Å²) in [7, 11) is 1.39. The first-order valence-electron chi connectivity index (χ1n) is 27.5. The Hall–Kier alpha value is -7.65. The monoisotopic (exact) mass is 1350 g/mol. The van der Waals surface area contributed by atoms with Gasteiger partial charge in [-0.3, -0.25) is 28.8 Å². The number of rotatable bonds is 22. The number of carbonyl (C=O) groups excluding carboxylic acids is 10. The molecular formula is C69H115N3O23. The third-order valence-electron chi connectivity index (χ3n) is 15.7. The number of hydrogen-bond acceptors (Lipinski definition) is 24. The molecule has 2 bridgehead atoms. The molecule has 2 saturated carbocycles. The van der Waals surface area contributed by atoms with Gasteiger partial charge in [-0.05, 0) is 76.8 Å². The van der Waals surface area contributed by atoms with Gasteiger partial charge in [0.2, 0.25) is 6.10 Å². The summed E-state index contributed by atoms with van der Waals surface area (Å²) in [6, 6.07) is 13.8. The minimum atomic E-state index is -2.36. The van der Waals surface area contributed by atoms with Gasteiger partial charge in [-0.15, -0.1) is 0 Å². The van der Waals surface area contributed by atoms with Gasteiger partial charge in [0.15, 0.2) is 35.8 Å². The number of carbonyl (C=O) groups is 10. The van der Waals surface area contributed by atoms with Crippen molar-refractivity contribution in [2.24, 2.45) is 27.8 Å². The van der Waals surface area contributed by atoms with Gasteiger partial charge in [-0.25, -0.2) is 24.6 Å². The Balaban J connectivity index is -0.00000270. The van der Waals surface area contributed by atoms with Crippen molar-refractivity contribution in [3.05, 3.63) is 82.9 Å².